The van der Waals surface area contributed by atoms with Crippen LogP contribution < -0.4 is 9.47 Å². The number of aliphatic carboxylic acids is 1. The summed E-state index contributed by atoms with van der Waals surface area (Å²) in [5.41, 5.74) is -0.601. The molecule has 7 nitrogen and oxygen atoms in total. The number of hydrogen-bond acceptors (Lipinski definition) is 5. The quantitative estimate of drug-likeness (QED) is 0.710. The molecule has 1 fully saturated rings. The van der Waals surface area contributed by atoms with Gasteiger partial charge in [0.1, 0.15) is 5.41 Å². The third-order valence-electron chi connectivity index (χ3n) is 4.88. The molecule has 1 aromatic carbocycles. The number of methoxy groups -OCH3 is 2. The number of carbonyl (C=O) groups is 2. The van der Waals surface area contributed by atoms with Crippen LogP contribution in [0.4, 0.5) is 0 Å². The fourth-order valence-corrected chi connectivity index (χ4v) is 3.18. The molecular weight excluding hydrogens is 350 g/mol. The van der Waals surface area contributed by atoms with Gasteiger partial charge in [0.15, 0.2) is 11.5 Å². The van der Waals surface area contributed by atoms with Crippen molar-refractivity contribution in [2.75, 3.05) is 40.5 Å². The van der Waals surface area contributed by atoms with Gasteiger partial charge in [-0.1, -0.05) is 13.8 Å². The normalized spacial score (nSPS) is 19.4. The van der Waals surface area contributed by atoms with E-state index in [9.17, 15) is 14.7 Å². The van der Waals surface area contributed by atoms with Gasteiger partial charge in [-0.15, -0.1) is 0 Å². The zero-order chi connectivity index (χ0) is 20.0. The number of likely N-dealkylation sites (tertiary alicyclic amines) is 1. The smallest absolute Gasteiger partial charge is 0.313 e. The highest BCUT2D eigenvalue weighted by molar-refractivity contribution is 5.95. The van der Waals surface area contributed by atoms with E-state index in [1.807, 2.05) is 0 Å². The van der Waals surface area contributed by atoms with Crippen molar-refractivity contribution >= 4 is 11.9 Å². The zero-order valence-electron chi connectivity index (χ0n) is 16.5. The van der Waals surface area contributed by atoms with Crippen LogP contribution in [0.5, 0.6) is 11.5 Å². The molecule has 1 unspecified atom stereocenters. The van der Waals surface area contributed by atoms with Crippen LogP contribution >= 0.6 is 0 Å². The van der Waals surface area contributed by atoms with Gasteiger partial charge in [-0.2, -0.15) is 0 Å². The molecule has 7 heteroatoms. The van der Waals surface area contributed by atoms with Gasteiger partial charge in [0, 0.05) is 25.8 Å². The average Bonchev–Trinajstić information content (AvgIpc) is 3.07. The number of amides is 1. The summed E-state index contributed by atoms with van der Waals surface area (Å²) in [5.74, 6) is 0.460. The van der Waals surface area contributed by atoms with E-state index in [0.717, 1.165) is 6.42 Å². The first-order chi connectivity index (χ1) is 12.8. The fraction of sp³-hybridized carbons (Fsp3) is 0.600. The summed E-state index contributed by atoms with van der Waals surface area (Å²) in [7, 11) is 3.00. The summed E-state index contributed by atoms with van der Waals surface area (Å²) >= 11 is 0. The Kier molecular flexibility index (Phi) is 7.07. The van der Waals surface area contributed by atoms with Gasteiger partial charge in [-0.25, -0.2) is 0 Å². The molecule has 27 heavy (non-hydrogen) atoms. The molecule has 1 aromatic rings. The molecule has 1 amide bonds. The summed E-state index contributed by atoms with van der Waals surface area (Å²) in [6, 6.07) is 5.05. The number of hydrogen-bond donors (Lipinski definition) is 1. The highest BCUT2D eigenvalue weighted by Gasteiger charge is 2.46. The molecule has 1 saturated heterocycles. The molecule has 0 bridgehead atoms. The number of ether oxygens (including phenoxy) is 3. The summed E-state index contributed by atoms with van der Waals surface area (Å²) in [6.45, 7) is 5.41. The molecule has 0 saturated carbocycles. The lowest BCUT2D eigenvalue weighted by atomic mass is 9.88. The topological polar surface area (TPSA) is 85.3 Å². The molecule has 1 aliphatic rings. The van der Waals surface area contributed by atoms with E-state index >= 15 is 0 Å². The number of carboxylic acid groups (broad SMARTS) is 1. The Labute approximate surface area is 160 Å². The van der Waals surface area contributed by atoms with Crippen molar-refractivity contribution in [3.05, 3.63) is 23.8 Å². The first-order valence-corrected chi connectivity index (χ1v) is 9.15. The van der Waals surface area contributed by atoms with Crippen LogP contribution in [0, 0.1) is 11.3 Å². The molecule has 1 N–H and O–H groups in total. The summed E-state index contributed by atoms with van der Waals surface area (Å²) in [6.07, 6.45) is 1.30. The monoisotopic (exact) mass is 379 g/mol. The SMILES string of the molecule is COCC1(C(=O)O)CCN(C(=O)c2ccc(OCCC(C)C)c(OC)c2)C1. The molecule has 0 spiro atoms. The first kappa shape index (κ1) is 21.0. The van der Waals surface area contributed by atoms with E-state index in [0.29, 0.717) is 42.6 Å². The van der Waals surface area contributed by atoms with Crippen molar-refractivity contribution in [1.29, 1.82) is 0 Å². The average molecular weight is 379 g/mol. The Balaban J connectivity index is 2.11. The van der Waals surface area contributed by atoms with E-state index < -0.39 is 11.4 Å². The van der Waals surface area contributed by atoms with Crippen LogP contribution in [0.3, 0.4) is 0 Å². The van der Waals surface area contributed by atoms with Gasteiger partial charge in [0.25, 0.3) is 5.91 Å². The van der Waals surface area contributed by atoms with E-state index in [1.54, 1.807) is 23.1 Å². The van der Waals surface area contributed by atoms with Gasteiger partial charge < -0.3 is 24.2 Å². The van der Waals surface area contributed by atoms with Crippen molar-refractivity contribution in [3.8, 4) is 11.5 Å². The summed E-state index contributed by atoms with van der Waals surface area (Å²) in [5, 5.41) is 9.55. The minimum Gasteiger partial charge on any atom is -0.493 e. The van der Waals surface area contributed by atoms with E-state index in [1.165, 1.54) is 14.2 Å². The lowest BCUT2D eigenvalue weighted by Gasteiger charge is -2.24. The van der Waals surface area contributed by atoms with Gasteiger partial charge in [0.2, 0.25) is 0 Å². The predicted octanol–water partition coefficient (Wildman–Crippen LogP) is 2.68. The molecular formula is C20H29NO6. The molecule has 0 aromatic heterocycles. The van der Waals surface area contributed by atoms with Crippen LogP contribution in [0.25, 0.3) is 0 Å². The lowest BCUT2D eigenvalue weighted by Crippen LogP contribution is -2.40. The number of carbonyl (C=O) groups excluding carboxylic acids is 1. The van der Waals surface area contributed by atoms with Crippen molar-refractivity contribution in [1.82, 2.24) is 4.90 Å². The number of nitrogens with zero attached hydrogens (tertiary/aromatic N) is 1. The van der Waals surface area contributed by atoms with Crippen LogP contribution in [-0.4, -0.2) is 62.4 Å². The Hall–Kier alpha value is -2.28. The third-order valence-corrected chi connectivity index (χ3v) is 4.88. The molecule has 1 aliphatic heterocycles. The largest absolute Gasteiger partial charge is 0.493 e. The number of benzene rings is 1. The first-order valence-electron chi connectivity index (χ1n) is 9.15. The molecule has 1 atom stereocenters. The highest BCUT2D eigenvalue weighted by Crippen LogP contribution is 2.34. The summed E-state index contributed by atoms with van der Waals surface area (Å²) < 4.78 is 16.2. The van der Waals surface area contributed by atoms with E-state index in [4.69, 9.17) is 14.2 Å². The maximum Gasteiger partial charge on any atom is 0.313 e. The zero-order valence-corrected chi connectivity index (χ0v) is 16.5. The predicted molar refractivity (Wildman–Crippen MR) is 100 cm³/mol. The second kappa shape index (κ2) is 9.08. The van der Waals surface area contributed by atoms with Crippen LogP contribution in [0.2, 0.25) is 0 Å². The van der Waals surface area contributed by atoms with E-state index in [2.05, 4.69) is 13.8 Å². The fourth-order valence-electron chi connectivity index (χ4n) is 3.18. The maximum absolute atomic E-state index is 12.8. The molecule has 2 rings (SSSR count). The van der Waals surface area contributed by atoms with Crippen molar-refractivity contribution in [2.45, 2.75) is 26.7 Å². The van der Waals surface area contributed by atoms with E-state index in [-0.39, 0.29) is 19.1 Å². The second-order valence-electron chi connectivity index (χ2n) is 7.39. The highest BCUT2D eigenvalue weighted by atomic mass is 16.5. The Morgan fingerprint density at radius 1 is 1.26 bits per heavy atom. The second-order valence-corrected chi connectivity index (χ2v) is 7.39. The Morgan fingerprint density at radius 2 is 2.00 bits per heavy atom. The minimum atomic E-state index is -1.05. The van der Waals surface area contributed by atoms with Crippen LogP contribution in [0.15, 0.2) is 18.2 Å². The van der Waals surface area contributed by atoms with Gasteiger partial charge in [-0.05, 0) is 37.0 Å². The Morgan fingerprint density at radius 3 is 2.59 bits per heavy atom. The lowest BCUT2D eigenvalue weighted by molar-refractivity contribution is -0.151. The third kappa shape index (κ3) is 4.91. The van der Waals surface area contributed by atoms with Gasteiger partial charge in [0.05, 0.1) is 20.3 Å². The standard InChI is InChI=1S/C20H29NO6/c1-14(2)7-10-27-16-6-5-15(11-17(16)26-4)18(22)21-9-8-20(12-21,13-25-3)19(23)24/h5-6,11,14H,7-10,12-13H2,1-4H3,(H,23,24). The van der Waals surface area contributed by atoms with Crippen molar-refractivity contribution < 1.29 is 28.9 Å². The number of carboxylic acids is 1. The maximum atomic E-state index is 12.8. The molecule has 150 valence electrons. The van der Waals surface area contributed by atoms with Gasteiger partial charge in [-0.3, -0.25) is 9.59 Å². The van der Waals surface area contributed by atoms with Crippen LogP contribution in [-0.2, 0) is 9.53 Å². The molecule has 0 radical (unpaired) electrons. The number of rotatable bonds is 9. The molecule has 1 heterocycles. The Bertz CT molecular complexity index is 674. The van der Waals surface area contributed by atoms with Crippen molar-refractivity contribution in [3.63, 3.8) is 0 Å². The van der Waals surface area contributed by atoms with Crippen LogP contribution in [0.1, 0.15) is 37.0 Å². The summed E-state index contributed by atoms with van der Waals surface area (Å²) in [4.78, 5) is 26.1. The minimum absolute atomic E-state index is 0.0814. The van der Waals surface area contributed by atoms with Crippen molar-refractivity contribution in [2.24, 2.45) is 11.3 Å². The van der Waals surface area contributed by atoms with Gasteiger partial charge >= 0.3 is 5.97 Å². The molecule has 0 aliphatic carbocycles.